The molecular weight excluding hydrogens is 172 g/mol. The van der Waals surface area contributed by atoms with E-state index in [1.54, 1.807) is 0 Å². The van der Waals surface area contributed by atoms with E-state index in [0.29, 0.717) is 11.7 Å². The maximum Gasteiger partial charge on any atom is 0.133 e. The van der Waals surface area contributed by atoms with Crippen LogP contribution in [0.15, 0.2) is 12.2 Å². The van der Waals surface area contributed by atoms with Crippen LogP contribution in [0, 0.1) is 11.3 Å². The van der Waals surface area contributed by atoms with Gasteiger partial charge in [-0.15, -0.1) is 0 Å². The lowest BCUT2D eigenvalue weighted by Crippen LogP contribution is -2.29. The molecule has 2 atom stereocenters. The molecule has 1 nitrogen and oxygen atoms in total. The summed E-state index contributed by atoms with van der Waals surface area (Å²) < 4.78 is 0. The van der Waals surface area contributed by atoms with Crippen molar-refractivity contribution in [3.05, 3.63) is 12.2 Å². The SMILES string of the molecule is C=C([C@H](C)CC)C1(C)CCCC(=O)C1. The van der Waals surface area contributed by atoms with E-state index in [2.05, 4.69) is 27.4 Å². The van der Waals surface area contributed by atoms with E-state index >= 15 is 0 Å². The summed E-state index contributed by atoms with van der Waals surface area (Å²) in [6, 6.07) is 0. The van der Waals surface area contributed by atoms with E-state index < -0.39 is 0 Å². The molecule has 0 N–H and O–H groups in total. The summed E-state index contributed by atoms with van der Waals surface area (Å²) in [4.78, 5) is 11.5. The molecule has 0 radical (unpaired) electrons. The number of hydrogen-bond acceptors (Lipinski definition) is 1. The van der Waals surface area contributed by atoms with Crippen LogP contribution in [0.5, 0.6) is 0 Å². The van der Waals surface area contributed by atoms with Gasteiger partial charge in [0.15, 0.2) is 0 Å². The molecule has 0 aromatic carbocycles. The van der Waals surface area contributed by atoms with Crippen LogP contribution < -0.4 is 0 Å². The van der Waals surface area contributed by atoms with E-state index in [4.69, 9.17) is 0 Å². The van der Waals surface area contributed by atoms with E-state index in [-0.39, 0.29) is 5.41 Å². The lowest BCUT2D eigenvalue weighted by atomic mass is 9.67. The van der Waals surface area contributed by atoms with Gasteiger partial charge in [0.2, 0.25) is 0 Å². The lowest BCUT2D eigenvalue weighted by molar-refractivity contribution is -0.122. The molecular formula is C13H22O. The molecule has 14 heavy (non-hydrogen) atoms. The van der Waals surface area contributed by atoms with Crippen LogP contribution in [0.4, 0.5) is 0 Å². The molecule has 1 fully saturated rings. The van der Waals surface area contributed by atoms with Crippen molar-refractivity contribution >= 4 is 5.78 Å². The Hall–Kier alpha value is -0.590. The third kappa shape index (κ3) is 2.26. The molecule has 0 amide bonds. The minimum absolute atomic E-state index is 0.0881. The molecule has 1 unspecified atom stereocenters. The first-order valence-electron chi connectivity index (χ1n) is 5.70. The molecule has 1 heteroatoms. The second-order valence-electron chi connectivity index (χ2n) is 4.96. The van der Waals surface area contributed by atoms with Gasteiger partial charge < -0.3 is 0 Å². The van der Waals surface area contributed by atoms with Gasteiger partial charge in [-0.2, -0.15) is 0 Å². The Labute approximate surface area is 87.6 Å². The van der Waals surface area contributed by atoms with Crippen molar-refractivity contribution < 1.29 is 4.79 Å². The van der Waals surface area contributed by atoms with Crippen molar-refractivity contribution in [2.24, 2.45) is 11.3 Å². The molecule has 0 spiro atoms. The monoisotopic (exact) mass is 194 g/mol. The Morgan fingerprint density at radius 1 is 1.64 bits per heavy atom. The quantitative estimate of drug-likeness (QED) is 0.625. The third-order valence-corrected chi connectivity index (χ3v) is 3.75. The van der Waals surface area contributed by atoms with Gasteiger partial charge in [0.1, 0.15) is 5.78 Å². The molecule has 0 aromatic heterocycles. The van der Waals surface area contributed by atoms with Crippen LogP contribution in [0.1, 0.15) is 52.9 Å². The predicted molar refractivity (Wildman–Crippen MR) is 60.2 cm³/mol. The van der Waals surface area contributed by atoms with Crippen LogP contribution in [-0.4, -0.2) is 5.78 Å². The standard InChI is InChI=1S/C13H22O/c1-5-10(2)11(3)13(4)8-6-7-12(14)9-13/h10H,3,5-9H2,1-2,4H3/t10-,13?/m1/s1. The lowest BCUT2D eigenvalue weighted by Gasteiger charge is -2.37. The van der Waals surface area contributed by atoms with Gasteiger partial charge in [0.05, 0.1) is 0 Å². The summed E-state index contributed by atoms with van der Waals surface area (Å²) in [5.41, 5.74) is 1.37. The van der Waals surface area contributed by atoms with Gasteiger partial charge in [-0.3, -0.25) is 4.79 Å². The highest BCUT2D eigenvalue weighted by molar-refractivity contribution is 5.80. The topological polar surface area (TPSA) is 17.1 Å². The number of ketones is 1. The largest absolute Gasteiger partial charge is 0.300 e. The molecule has 0 aliphatic heterocycles. The van der Waals surface area contributed by atoms with Crippen molar-refractivity contribution in [1.82, 2.24) is 0 Å². The molecule has 1 aliphatic rings. The Bertz CT molecular complexity index is 242. The minimum Gasteiger partial charge on any atom is -0.300 e. The van der Waals surface area contributed by atoms with Gasteiger partial charge in [-0.25, -0.2) is 0 Å². The zero-order valence-electron chi connectivity index (χ0n) is 9.73. The predicted octanol–water partition coefficient (Wildman–Crippen LogP) is 3.74. The summed E-state index contributed by atoms with van der Waals surface area (Å²) in [6.07, 6.45) is 4.81. The van der Waals surface area contributed by atoms with E-state index in [1.807, 2.05) is 0 Å². The van der Waals surface area contributed by atoms with E-state index in [1.165, 1.54) is 5.57 Å². The molecule has 80 valence electrons. The Morgan fingerprint density at radius 2 is 2.29 bits per heavy atom. The van der Waals surface area contributed by atoms with Crippen LogP contribution in [0.2, 0.25) is 0 Å². The van der Waals surface area contributed by atoms with Crippen LogP contribution >= 0.6 is 0 Å². The smallest absolute Gasteiger partial charge is 0.133 e. The van der Waals surface area contributed by atoms with Crippen molar-refractivity contribution in [2.45, 2.75) is 52.9 Å². The number of carbonyl (C=O) groups excluding carboxylic acids is 1. The van der Waals surface area contributed by atoms with E-state index in [9.17, 15) is 4.79 Å². The molecule has 0 aromatic rings. The highest BCUT2D eigenvalue weighted by Crippen LogP contribution is 2.43. The molecule has 1 aliphatic carbocycles. The third-order valence-electron chi connectivity index (χ3n) is 3.75. The van der Waals surface area contributed by atoms with Crippen LogP contribution in [-0.2, 0) is 4.79 Å². The van der Waals surface area contributed by atoms with Crippen molar-refractivity contribution in [2.75, 3.05) is 0 Å². The summed E-state index contributed by atoms with van der Waals surface area (Å²) in [6.45, 7) is 10.8. The van der Waals surface area contributed by atoms with Crippen LogP contribution in [0.3, 0.4) is 0 Å². The number of hydrogen-bond donors (Lipinski definition) is 0. The van der Waals surface area contributed by atoms with Gasteiger partial charge in [-0.05, 0) is 30.6 Å². The summed E-state index contributed by atoms with van der Waals surface area (Å²) in [5.74, 6) is 0.967. The van der Waals surface area contributed by atoms with Crippen molar-refractivity contribution in [3.8, 4) is 0 Å². The molecule has 1 saturated carbocycles. The molecule has 1 rings (SSSR count). The minimum atomic E-state index is 0.0881. The number of rotatable bonds is 3. The first-order valence-corrected chi connectivity index (χ1v) is 5.70. The molecule has 0 bridgehead atoms. The average Bonchev–Trinajstić information content (AvgIpc) is 2.15. The fourth-order valence-corrected chi connectivity index (χ4v) is 2.40. The van der Waals surface area contributed by atoms with Crippen molar-refractivity contribution in [1.29, 1.82) is 0 Å². The van der Waals surface area contributed by atoms with Gasteiger partial charge in [0, 0.05) is 12.8 Å². The second-order valence-corrected chi connectivity index (χ2v) is 4.96. The summed E-state index contributed by atoms with van der Waals surface area (Å²) in [7, 11) is 0. The second kappa shape index (κ2) is 4.29. The highest BCUT2D eigenvalue weighted by atomic mass is 16.1. The van der Waals surface area contributed by atoms with Crippen molar-refractivity contribution in [3.63, 3.8) is 0 Å². The van der Waals surface area contributed by atoms with Gasteiger partial charge >= 0.3 is 0 Å². The van der Waals surface area contributed by atoms with Gasteiger partial charge in [0.25, 0.3) is 0 Å². The Morgan fingerprint density at radius 3 is 2.79 bits per heavy atom. The zero-order valence-corrected chi connectivity index (χ0v) is 9.73. The highest BCUT2D eigenvalue weighted by Gasteiger charge is 2.34. The Balaban J connectivity index is 2.72. The average molecular weight is 194 g/mol. The maximum atomic E-state index is 11.5. The maximum absolute atomic E-state index is 11.5. The fraction of sp³-hybridized carbons (Fsp3) is 0.769. The number of Topliss-reactive ketones (excluding diaryl/α,β-unsaturated/α-hetero) is 1. The van der Waals surface area contributed by atoms with Crippen LogP contribution in [0.25, 0.3) is 0 Å². The fourth-order valence-electron chi connectivity index (χ4n) is 2.40. The van der Waals surface area contributed by atoms with Gasteiger partial charge in [-0.1, -0.05) is 32.9 Å². The normalized spacial score (nSPS) is 30.1. The number of carbonyl (C=O) groups is 1. The number of allylic oxidation sites excluding steroid dienone is 1. The van der Waals surface area contributed by atoms with E-state index in [0.717, 1.165) is 32.1 Å². The molecule has 0 saturated heterocycles. The Kier molecular flexibility index (Phi) is 3.52. The summed E-state index contributed by atoms with van der Waals surface area (Å²) >= 11 is 0. The molecule has 0 heterocycles. The first-order chi connectivity index (χ1) is 6.49. The first kappa shape index (κ1) is 11.5. The zero-order chi connectivity index (χ0) is 10.8. The summed E-state index contributed by atoms with van der Waals surface area (Å²) in [5, 5.41) is 0.